The molecule has 23 heavy (non-hydrogen) atoms. The lowest BCUT2D eigenvalue weighted by atomic mass is 9.75. The molecule has 2 aliphatic rings. The smallest absolute Gasteiger partial charge is 0.407 e. The van der Waals surface area contributed by atoms with Crippen molar-refractivity contribution in [1.82, 2.24) is 15.2 Å². The Bertz CT molecular complexity index is 731. The highest BCUT2D eigenvalue weighted by Crippen LogP contribution is 2.41. The fourth-order valence-electron chi connectivity index (χ4n) is 3.73. The van der Waals surface area contributed by atoms with E-state index in [1.54, 1.807) is 0 Å². The fourth-order valence-corrected chi connectivity index (χ4v) is 3.73. The third-order valence-electron chi connectivity index (χ3n) is 5.27. The van der Waals surface area contributed by atoms with E-state index in [2.05, 4.69) is 53.7 Å². The predicted octanol–water partition coefficient (Wildman–Crippen LogP) is 2.63. The summed E-state index contributed by atoms with van der Waals surface area (Å²) in [5.74, 6) is 0.650. The number of carbonyl (C=O) groups excluding carboxylic acids is 1. The summed E-state index contributed by atoms with van der Waals surface area (Å²) in [5, 5.41) is 4.03. The number of carbonyl (C=O) groups is 1. The summed E-state index contributed by atoms with van der Waals surface area (Å²) in [5.41, 5.74) is 3.85. The Balaban J connectivity index is 1.53. The molecule has 1 saturated carbocycles. The van der Waals surface area contributed by atoms with Crippen LogP contribution in [0.5, 0.6) is 0 Å². The molecular weight excluding hydrogens is 290 g/mol. The zero-order chi connectivity index (χ0) is 16.0. The second kappa shape index (κ2) is 5.57. The number of benzene rings is 1. The zero-order valence-electron chi connectivity index (χ0n) is 13.6. The molecule has 1 aliphatic heterocycles. The van der Waals surface area contributed by atoms with Gasteiger partial charge in [0, 0.05) is 29.6 Å². The molecule has 0 radical (unpaired) electrons. The normalized spacial score (nSPS) is 27.1. The van der Waals surface area contributed by atoms with Gasteiger partial charge in [0.2, 0.25) is 0 Å². The van der Waals surface area contributed by atoms with Gasteiger partial charge in [0.1, 0.15) is 6.10 Å². The molecule has 5 nitrogen and oxygen atoms in total. The van der Waals surface area contributed by atoms with Crippen LogP contribution in [0.1, 0.15) is 29.9 Å². The van der Waals surface area contributed by atoms with Gasteiger partial charge < -0.3 is 19.9 Å². The molecule has 1 atom stereocenters. The topological polar surface area (TPSA) is 57.4 Å². The average Bonchev–Trinajstić information content (AvgIpc) is 3.04. The molecule has 2 N–H and O–H groups in total. The van der Waals surface area contributed by atoms with Crippen molar-refractivity contribution in [2.24, 2.45) is 0 Å². The van der Waals surface area contributed by atoms with Gasteiger partial charge in [-0.2, -0.15) is 0 Å². The third-order valence-corrected chi connectivity index (χ3v) is 5.27. The van der Waals surface area contributed by atoms with Gasteiger partial charge in [0.15, 0.2) is 0 Å². The SMILES string of the molecule is CN(C)[C@H]1C[C@H](c2c[nH]c3ccc(CC4CNC(=O)O4)cc32)C1. The summed E-state index contributed by atoms with van der Waals surface area (Å²) in [6, 6.07) is 7.23. The van der Waals surface area contributed by atoms with Crippen molar-refractivity contribution >= 4 is 17.0 Å². The largest absolute Gasteiger partial charge is 0.444 e. The minimum Gasteiger partial charge on any atom is -0.444 e. The van der Waals surface area contributed by atoms with Crippen LogP contribution in [0.3, 0.4) is 0 Å². The van der Waals surface area contributed by atoms with Crippen molar-refractivity contribution < 1.29 is 9.53 Å². The first-order chi connectivity index (χ1) is 11.1. The molecule has 0 spiro atoms. The van der Waals surface area contributed by atoms with E-state index in [9.17, 15) is 4.79 Å². The predicted molar refractivity (Wildman–Crippen MR) is 89.7 cm³/mol. The molecule has 4 rings (SSSR count). The van der Waals surface area contributed by atoms with E-state index in [1.807, 2.05) is 0 Å². The highest BCUT2D eigenvalue weighted by Gasteiger charge is 2.33. The lowest BCUT2D eigenvalue weighted by Crippen LogP contribution is -2.39. The monoisotopic (exact) mass is 313 g/mol. The summed E-state index contributed by atoms with van der Waals surface area (Å²) in [7, 11) is 4.32. The summed E-state index contributed by atoms with van der Waals surface area (Å²) >= 11 is 0. The summed E-state index contributed by atoms with van der Waals surface area (Å²) in [6.07, 6.45) is 5.04. The van der Waals surface area contributed by atoms with Gasteiger partial charge >= 0.3 is 6.09 Å². The number of alkyl carbamates (subject to hydrolysis) is 1. The Hall–Kier alpha value is -2.01. The first-order valence-electron chi connectivity index (χ1n) is 8.31. The lowest BCUT2D eigenvalue weighted by Gasteiger charge is -2.39. The minimum absolute atomic E-state index is 0.0517. The number of aromatic nitrogens is 1. The van der Waals surface area contributed by atoms with E-state index in [0.717, 1.165) is 6.42 Å². The highest BCUT2D eigenvalue weighted by molar-refractivity contribution is 5.84. The molecule has 2 heterocycles. The molecule has 1 saturated heterocycles. The maximum atomic E-state index is 11.1. The molecule has 2 fully saturated rings. The zero-order valence-corrected chi connectivity index (χ0v) is 13.6. The van der Waals surface area contributed by atoms with Crippen LogP contribution in [0.2, 0.25) is 0 Å². The van der Waals surface area contributed by atoms with Gasteiger partial charge in [-0.05, 0) is 56.1 Å². The van der Waals surface area contributed by atoms with Crippen molar-refractivity contribution in [3.05, 3.63) is 35.5 Å². The number of fused-ring (bicyclic) bond motifs is 1. The van der Waals surface area contributed by atoms with Gasteiger partial charge in [-0.1, -0.05) is 6.07 Å². The molecule has 5 heteroatoms. The summed E-state index contributed by atoms with van der Waals surface area (Å²) in [6.45, 7) is 0.601. The first kappa shape index (κ1) is 14.6. The van der Waals surface area contributed by atoms with Crippen molar-refractivity contribution in [1.29, 1.82) is 0 Å². The number of H-pyrrole nitrogens is 1. The van der Waals surface area contributed by atoms with Crippen LogP contribution in [0.25, 0.3) is 10.9 Å². The number of nitrogens with one attached hydrogen (secondary N) is 2. The second-order valence-corrected chi connectivity index (χ2v) is 7.02. The maximum absolute atomic E-state index is 11.1. The number of hydrogen-bond donors (Lipinski definition) is 2. The van der Waals surface area contributed by atoms with Gasteiger partial charge in [-0.15, -0.1) is 0 Å². The molecule has 1 unspecified atom stereocenters. The second-order valence-electron chi connectivity index (χ2n) is 7.02. The summed E-state index contributed by atoms with van der Waals surface area (Å²) < 4.78 is 5.25. The van der Waals surface area contributed by atoms with Gasteiger partial charge in [-0.3, -0.25) is 0 Å². The van der Waals surface area contributed by atoms with Crippen LogP contribution in [0.15, 0.2) is 24.4 Å². The number of hydrogen-bond acceptors (Lipinski definition) is 3. The van der Waals surface area contributed by atoms with E-state index in [4.69, 9.17) is 4.74 Å². The molecule has 1 aromatic carbocycles. The van der Waals surface area contributed by atoms with E-state index in [-0.39, 0.29) is 12.2 Å². The standard InChI is InChI=1S/C18H23N3O2/c1-21(2)13-7-12(8-13)16-10-19-17-4-3-11(6-15(16)17)5-14-9-20-18(22)23-14/h3-4,6,10,12-14,19H,5,7-9H2,1-2H3,(H,20,22)/t12-,13-,14?. The molecule has 0 bridgehead atoms. The van der Waals surface area contributed by atoms with Crippen molar-refractivity contribution in [2.45, 2.75) is 37.3 Å². The van der Waals surface area contributed by atoms with E-state index >= 15 is 0 Å². The maximum Gasteiger partial charge on any atom is 0.407 e. The number of nitrogens with zero attached hydrogens (tertiary/aromatic N) is 1. The number of rotatable bonds is 4. The van der Waals surface area contributed by atoms with E-state index < -0.39 is 0 Å². The van der Waals surface area contributed by atoms with Crippen molar-refractivity contribution in [2.75, 3.05) is 20.6 Å². The van der Waals surface area contributed by atoms with Crippen LogP contribution in [-0.4, -0.2) is 48.8 Å². The highest BCUT2D eigenvalue weighted by atomic mass is 16.6. The fraction of sp³-hybridized carbons (Fsp3) is 0.500. The minimum atomic E-state index is -0.303. The Labute approximate surface area is 136 Å². The van der Waals surface area contributed by atoms with Crippen LogP contribution >= 0.6 is 0 Å². The van der Waals surface area contributed by atoms with E-state index in [1.165, 1.54) is 34.9 Å². The van der Waals surface area contributed by atoms with Gasteiger partial charge in [-0.25, -0.2) is 4.79 Å². The molecular formula is C18H23N3O2. The van der Waals surface area contributed by atoms with Gasteiger partial charge in [0.25, 0.3) is 0 Å². The Morgan fingerprint density at radius 3 is 2.83 bits per heavy atom. The lowest BCUT2D eigenvalue weighted by molar-refractivity contribution is 0.140. The quantitative estimate of drug-likeness (QED) is 0.912. The molecule has 1 aromatic heterocycles. The number of ether oxygens (including phenoxy) is 1. The Morgan fingerprint density at radius 1 is 1.30 bits per heavy atom. The van der Waals surface area contributed by atoms with Crippen LogP contribution < -0.4 is 5.32 Å². The molecule has 1 amide bonds. The van der Waals surface area contributed by atoms with Crippen molar-refractivity contribution in [3.63, 3.8) is 0 Å². The van der Waals surface area contributed by atoms with Crippen LogP contribution in [0.4, 0.5) is 4.79 Å². The van der Waals surface area contributed by atoms with Gasteiger partial charge in [0.05, 0.1) is 6.54 Å². The molecule has 122 valence electrons. The Morgan fingerprint density at radius 2 is 2.13 bits per heavy atom. The Kier molecular flexibility index (Phi) is 3.53. The average molecular weight is 313 g/mol. The van der Waals surface area contributed by atoms with E-state index in [0.29, 0.717) is 18.5 Å². The van der Waals surface area contributed by atoms with Crippen LogP contribution in [-0.2, 0) is 11.2 Å². The number of cyclic esters (lactones) is 1. The number of aromatic amines is 1. The third kappa shape index (κ3) is 2.70. The van der Waals surface area contributed by atoms with Crippen molar-refractivity contribution in [3.8, 4) is 0 Å². The molecule has 2 aromatic rings. The number of amides is 1. The summed E-state index contributed by atoms with van der Waals surface area (Å²) in [4.78, 5) is 16.9. The molecule has 1 aliphatic carbocycles. The first-order valence-corrected chi connectivity index (χ1v) is 8.31. The van der Waals surface area contributed by atoms with Crippen LogP contribution in [0, 0.1) is 0 Å².